The first-order valence-corrected chi connectivity index (χ1v) is 7.75. The van der Waals surface area contributed by atoms with Crippen LogP contribution in [0.1, 0.15) is 31.2 Å². The second-order valence-corrected chi connectivity index (χ2v) is 6.38. The molecule has 2 nitrogen and oxygen atoms in total. The van der Waals surface area contributed by atoms with Gasteiger partial charge in [-0.15, -0.1) is 0 Å². The van der Waals surface area contributed by atoms with Gasteiger partial charge >= 0.3 is 0 Å². The van der Waals surface area contributed by atoms with Crippen LogP contribution >= 0.6 is 11.8 Å². The molecule has 1 aliphatic carbocycles. The van der Waals surface area contributed by atoms with Gasteiger partial charge in [0, 0.05) is 17.0 Å². The molecular weight excluding hydrogens is 266 g/mol. The average molecular weight is 286 g/mol. The number of hydrogen-bond donors (Lipinski definition) is 2. The fourth-order valence-electron chi connectivity index (χ4n) is 2.44. The van der Waals surface area contributed by atoms with Crippen LogP contribution in [-0.4, -0.2) is 17.0 Å². The highest BCUT2D eigenvalue weighted by molar-refractivity contribution is 7.99. The molecule has 106 valence electrons. The molecule has 1 saturated carbocycles. The van der Waals surface area contributed by atoms with Crippen LogP contribution in [0.3, 0.4) is 0 Å². The van der Waals surface area contributed by atoms with Crippen LogP contribution in [0, 0.1) is 11.6 Å². The number of halogens is 2. The van der Waals surface area contributed by atoms with Crippen LogP contribution in [0.5, 0.6) is 0 Å². The lowest BCUT2D eigenvalue weighted by Crippen LogP contribution is -2.39. The summed E-state index contributed by atoms with van der Waals surface area (Å²) in [6.07, 6.45) is 5.54. The maximum Gasteiger partial charge on any atom is 0.126 e. The third-order valence-corrected chi connectivity index (χ3v) is 5.08. The van der Waals surface area contributed by atoms with Gasteiger partial charge < -0.3 is 0 Å². The zero-order valence-corrected chi connectivity index (χ0v) is 11.7. The van der Waals surface area contributed by atoms with E-state index in [0.29, 0.717) is 17.2 Å². The summed E-state index contributed by atoms with van der Waals surface area (Å²) in [5, 5.41) is 0.702. The molecule has 0 aromatic heterocycles. The lowest BCUT2D eigenvalue weighted by Gasteiger charge is -2.18. The van der Waals surface area contributed by atoms with Crippen molar-refractivity contribution in [1.82, 2.24) is 5.43 Å². The minimum absolute atomic E-state index is 0.0260. The summed E-state index contributed by atoms with van der Waals surface area (Å²) in [7, 11) is 0. The highest BCUT2D eigenvalue weighted by atomic mass is 32.2. The third-order valence-electron chi connectivity index (χ3n) is 3.55. The number of nitrogens with two attached hydrogens (primary N) is 1. The van der Waals surface area contributed by atoms with Gasteiger partial charge in [0.05, 0.1) is 0 Å². The van der Waals surface area contributed by atoms with Crippen molar-refractivity contribution in [3.05, 3.63) is 35.4 Å². The van der Waals surface area contributed by atoms with E-state index in [4.69, 9.17) is 5.84 Å². The maximum atomic E-state index is 13.6. The van der Waals surface area contributed by atoms with E-state index in [1.54, 1.807) is 0 Å². The Morgan fingerprint density at radius 3 is 2.74 bits per heavy atom. The molecule has 1 fully saturated rings. The summed E-state index contributed by atoms with van der Waals surface area (Å²) < 4.78 is 26.7. The van der Waals surface area contributed by atoms with Crippen LogP contribution in [0.4, 0.5) is 8.78 Å². The Labute approximate surface area is 117 Å². The first-order chi connectivity index (χ1) is 9.19. The van der Waals surface area contributed by atoms with Gasteiger partial charge in [0.25, 0.3) is 0 Å². The summed E-state index contributed by atoms with van der Waals surface area (Å²) >= 11 is 1.89. The van der Waals surface area contributed by atoms with Gasteiger partial charge in [-0.3, -0.25) is 11.3 Å². The Bertz CT molecular complexity index is 408. The van der Waals surface area contributed by atoms with E-state index in [-0.39, 0.29) is 11.9 Å². The normalized spacial score (nSPS) is 17.8. The molecule has 19 heavy (non-hydrogen) atoms. The van der Waals surface area contributed by atoms with Gasteiger partial charge in [0.2, 0.25) is 0 Å². The second-order valence-electron chi connectivity index (χ2n) is 5.04. The summed E-state index contributed by atoms with van der Waals surface area (Å²) in [4.78, 5) is 0. The number of hydrazine groups is 1. The predicted molar refractivity (Wildman–Crippen MR) is 75.9 cm³/mol. The Kier molecular flexibility index (Phi) is 5.60. The van der Waals surface area contributed by atoms with E-state index in [0.717, 1.165) is 11.8 Å². The Morgan fingerprint density at radius 1 is 1.32 bits per heavy atom. The zero-order valence-electron chi connectivity index (χ0n) is 10.9. The molecule has 0 amide bonds. The fraction of sp³-hybridized carbons (Fsp3) is 0.571. The molecular formula is C14H20F2N2S. The standard InChI is InChI=1S/C14H20F2N2S/c15-11-5-6-14(16)10(7-11)8-12(18-17)9-19-13-3-1-2-4-13/h5-7,12-13,18H,1-4,8-9,17H2. The number of thioether (sulfide) groups is 1. The molecule has 0 heterocycles. The van der Waals surface area contributed by atoms with Crippen molar-refractivity contribution in [3.63, 3.8) is 0 Å². The number of benzene rings is 1. The molecule has 5 heteroatoms. The first kappa shape index (κ1) is 14.8. The Balaban J connectivity index is 1.88. The van der Waals surface area contributed by atoms with Gasteiger partial charge in [-0.05, 0) is 43.0 Å². The predicted octanol–water partition coefficient (Wildman–Crippen LogP) is 3.02. The minimum atomic E-state index is -0.407. The molecule has 3 N–H and O–H groups in total. The van der Waals surface area contributed by atoms with Crippen molar-refractivity contribution in [1.29, 1.82) is 0 Å². The molecule has 0 saturated heterocycles. The van der Waals surface area contributed by atoms with Crippen LogP contribution in [0.25, 0.3) is 0 Å². The van der Waals surface area contributed by atoms with E-state index in [1.807, 2.05) is 11.8 Å². The summed E-state index contributed by atoms with van der Waals surface area (Å²) in [6, 6.07) is 3.53. The van der Waals surface area contributed by atoms with Crippen molar-refractivity contribution in [2.24, 2.45) is 5.84 Å². The van der Waals surface area contributed by atoms with Gasteiger partial charge in [0.1, 0.15) is 11.6 Å². The lowest BCUT2D eigenvalue weighted by atomic mass is 10.1. The summed E-state index contributed by atoms with van der Waals surface area (Å²) in [5.74, 6) is 5.57. The monoisotopic (exact) mass is 286 g/mol. The van der Waals surface area contributed by atoms with E-state index < -0.39 is 5.82 Å². The van der Waals surface area contributed by atoms with E-state index >= 15 is 0 Å². The minimum Gasteiger partial charge on any atom is -0.271 e. The highest BCUT2D eigenvalue weighted by Crippen LogP contribution is 2.30. The highest BCUT2D eigenvalue weighted by Gasteiger charge is 2.18. The lowest BCUT2D eigenvalue weighted by molar-refractivity contribution is 0.538. The van der Waals surface area contributed by atoms with E-state index in [1.165, 1.54) is 37.8 Å². The van der Waals surface area contributed by atoms with Crippen molar-refractivity contribution >= 4 is 11.8 Å². The van der Waals surface area contributed by atoms with Crippen molar-refractivity contribution in [3.8, 4) is 0 Å². The molecule has 1 aromatic rings. The zero-order chi connectivity index (χ0) is 13.7. The van der Waals surface area contributed by atoms with E-state index in [2.05, 4.69) is 5.43 Å². The third kappa shape index (κ3) is 4.44. The first-order valence-electron chi connectivity index (χ1n) is 6.70. The van der Waals surface area contributed by atoms with Crippen molar-refractivity contribution < 1.29 is 8.78 Å². The molecule has 1 atom stereocenters. The second kappa shape index (κ2) is 7.22. The van der Waals surface area contributed by atoms with Crippen LogP contribution in [-0.2, 0) is 6.42 Å². The van der Waals surface area contributed by atoms with Gasteiger partial charge in [0.15, 0.2) is 0 Å². The SMILES string of the molecule is NNC(CSC1CCCC1)Cc1cc(F)ccc1F. The molecule has 1 unspecified atom stereocenters. The summed E-state index contributed by atoms with van der Waals surface area (Å²) in [5.41, 5.74) is 3.10. The maximum absolute atomic E-state index is 13.6. The summed E-state index contributed by atoms with van der Waals surface area (Å²) in [6.45, 7) is 0. The largest absolute Gasteiger partial charge is 0.271 e. The molecule has 0 radical (unpaired) electrons. The van der Waals surface area contributed by atoms with Crippen LogP contribution < -0.4 is 11.3 Å². The average Bonchev–Trinajstić information content (AvgIpc) is 2.91. The Hall–Kier alpha value is -0.650. The smallest absolute Gasteiger partial charge is 0.126 e. The molecule has 2 rings (SSSR count). The molecule has 1 aromatic carbocycles. The van der Waals surface area contributed by atoms with Crippen LogP contribution in [0.15, 0.2) is 18.2 Å². The molecule has 0 aliphatic heterocycles. The van der Waals surface area contributed by atoms with Crippen LogP contribution in [0.2, 0.25) is 0 Å². The number of rotatable bonds is 6. The Morgan fingerprint density at radius 2 is 2.05 bits per heavy atom. The molecule has 0 spiro atoms. The molecule has 1 aliphatic rings. The fourth-order valence-corrected chi connectivity index (χ4v) is 3.82. The topological polar surface area (TPSA) is 38.0 Å². The van der Waals surface area contributed by atoms with Gasteiger partial charge in [-0.1, -0.05) is 12.8 Å². The number of hydrogen-bond acceptors (Lipinski definition) is 3. The molecule has 0 bridgehead atoms. The van der Waals surface area contributed by atoms with Crippen molar-refractivity contribution in [2.75, 3.05) is 5.75 Å². The van der Waals surface area contributed by atoms with Gasteiger partial charge in [-0.25, -0.2) is 8.78 Å². The van der Waals surface area contributed by atoms with E-state index in [9.17, 15) is 8.78 Å². The quantitative estimate of drug-likeness (QED) is 0.623. The van der Waals surface area contributed by atoms with Gasteiger partial charge in [-0.2, -0.15) is 11.8 Å². The van der Waals surface area contributed by atoms with Crippen molar-refractivity contribution in [2.45, 2.75) is 43.4 Å². The number of nitrogens with one attached hydrogen (secondary N) is 1.